The van der Waals surface area contributed by atoms with Gasteiger partial charge in [-0.15, -0.1) is 0 Å². The highest BCUT2D eigenvalue weighted by Gasteiger charge is 2.36. The third-order valence-corrected chi connectivity index (χ3v) is 5.12. The molecular weight excluding hydrogens is 384 g/mol. The summed E-state index contributed by atoms with van der Waals surface area (Å²) in [6, 6.07) is 1.87. The van der Waals surface area contributed by atoms with E-state index >= 15 is 0 Å². The largest absolute Gasteiger partial charge is 0.459 e. The Morgan fingerprint density at radius 2 is 1.48 bits per heavy atom. The van der Waals surface area contributed by atoms with Gasteiger partial charge >= 0.3 is 12.1 Å². The van der Waals surface area contributed by atoms with Crippen molar-refractivity contribution in [2.45, 2.75) is 103 Å². The number of ether oxygens (including phenoxy) is 1. The van der Waals surface area contributed by atoms with E-state index in [1.165, 1.54) is 44.9 Å². The molecule has 0 fully saturated rings. The second-order valence-corrected chi connectivity index (χ2v) is 7.59. The monoisotopic (exact) mass is 418 g/mol. The van der Waals surface area contributed by atoms with Gasteiger partial charge in [-0.3, -0.25) is 0 Å². The summed E-state index contributed by atoms with van der Waals surface area (Å²) in [6.45, 7) is 4.03. The number of halogens is 4. The fourth-order valence-electron chi connectivity index (χ4n) is 3.35. The summed E-state index contributed by atoms with van der Waals surface area (Å²) in [4.78, 5) is 12.2. The SMILES string of the molecule is CCCCCCCCCCCCC(CC)OC(=O)c1cc(F)ccc1C(F)(F)F. The van der Waals surface area contributed by atoms with Crippen LogP contribution in [-0.4, -0.2) is 12.1 Å². The van der Waals surface area contributed by atoms with Gasteiger partial charge in [0.1, 0.15) is 11.9 Å². The third-order valence-electron chi connectivity index (χ3n) is 5.12. The minimum Gasteiger partial charge on any atom is -0.459 e. The molecule has 2 nitrogen and oxygen atoms in total. The van der Waals surface area contributed by atoms with Gasteiger partial charge in [-0.05, 0) is 37.5 Å². The Morgan fingerprint density at radius 1 is 0.931 bits per heavy atom. The van der Waals surface area contributed by atoms with Crippen molar-refractivity contribution in [3.05, 3.63) is 35.1 Å². The molecule has 1 unspecified atom stereocenters. The van der Waals surface area contributed by atoms with Gasteiger partial charge < -0.3 is 4.74 Å². The zero-order valence-electron chi connectivity index (χ0n) is 17.6. The summed E-state index contributed by atoms with van der Waals surface area (Å²) >= 11 is 0. The fraction of sp³-hybridized carbons (Fsp3) is 0.696. The normalized spacial score (nSPS) is 12.8. The van der Waals surface area contributed by atoms with E-state index in [-0.39, 0.29) is 0 Å². The van der Waals surface area contributed by atoms with Crippen LogP contribution in [0.15, 0.2) is 18.2 Å². The van der Waals surface area contributed by atoms with E-state index in [1.807, 2.05) is 6.92 Å². The number of alkyl halides is 3. The van der Waals surface area contributed by atoms with Crippen LogP contribution in [0.5, 0.6) is 0 Å². The Kier molecular flexibility index (Phi) is 11.9. The lowest BCUT2D eigenvalue weighted by molar-refractivity contribution is -0.138. The first-order valence-corrected chi connectivity index (χ1v) is 10.9. The van der Waals surface area contributed by atoms with E-state index in [1.54, 1.807) is 0 Å². The number of hydrogen-bond acceptors (Lipinski definition) is 2. The zero-order chi connectivity index (χ0) is 21.7. The van der Waals surface area contributed by atoms with E-state index in [9.17, 15) is 22.4 Å². The van der Waals surface area contributed by atoms with E-state index in [2.05, 4.69) is 6.92 Å². The predicted octanol–water partition coefficient (Wildman–Crippen LogP) is 8.09. The number of rotatable bonds is 14. The Hall–Kier alpha value is -1.59. The zero-order valence-corrected chi connectivity index (χ0v) is 17.6. The molecule has 0 heterocycles. The van der Waals surface area contributed by atoms with E-state index in [0.29, 0.717) is 31.0 Å². The summed E-state index contributed by atoms with van der Waals surface area (Å²) in [5.41, 5.74) is -1.93. The predicted molar refractivity (Wildman–Crippen MR) is 107 cm³/mol. The van der Waals surface area contributed by atoms with Crippen molar-refractivity contribution in [3.63, 3.8) is 0 Å². The van der Waals surface area contributed by atoms with E-state index < -0.39 is 35.2 Å². The maximum atomic E-state index is 13.4. The molecule has 0 spiro atoms. The van der Waals surface area contributed by atoms with Crippen molar-refractivity contribution in [1.82, 2.24) is 0 Å². The van der Waals surface area contributed by atoms with Crippen molar-refractivity contribution in [3.8, 4) is 0 Å². The number of carbonyl (C=O) groups excluding carboxylic acids is 1. The molecule has 166 valence electrons. The third kappa shape index (κ3) is 10.1. The van der Waals surface area contributed by atoms with Crippen molar-refractivity contribution in [2.75, 3.05) is 0 Å². The Morgan fingerprint density at radius 3 is 2.00 bits per heavy atom. The van der Waals surface area contributed by atoms with Crippen LogP contribution in [-0.2, 0) is 10.9 Å². The van der Waals surface area contributed by atoms with E-state index in [4.69, 9.17) is 4.74 Å². The molecule has 1 atom stereocenters. The van der Waals surface area contributed by atoms with Gasteiger partial charge in [-0.25, -0.2) is 9.18 Å². The quantitative estimate of drug-likeness (QED) is 0.173. The molecule has 0 aliphatic rings. The molecule has 0 bridgehead atoms. The van der Waals surface area contributed by atoms with Gasteiger partial charge in [0.05, 0.1) is 11.1 Å². The second kappa shape index (κ2) is 13.6. The molecule has 1 rings (SSSR count). The van der Waals surface area contributed by atoms with Crippen LogP contribution >= 0.6 is 0 Å². The molecule has 0 aliphatic carbocycles. The topological polar surface area (TPSA) is 26.3 Å². The Labute approximate surface area is 172 Å². The van der Waals surface area contributed by atoms with Crippen LogP contribution in [0.4, 0.5) is 17.6 Å². The van der Waals surface area contributed by atoms with Crippen LogP contribution in [0.2, 0.25) is 0 Å². The Bertz CT molecular complexity index is 599. The van der Waals surface area contributed by atoms with Crippen LogP contribution < -0.4 is 0 Å². The van der Waals surface area contributed by atoms with Crippen LogP contribution in [0.3, 0.4) is 0 Å². The van der Waals surface area contributed by atoms with Crippen molar-refractivity contribution >= 4 is 5.97 Å². The molecule has 0 aliphatic heterocycles. The standard InChI is InChI=1S/C23H34F4O2/c1-3-5-6-7-8-9-10-11-12-13-14-19(4-2)29-22(28)20-17-18(24)15-16-21(20)23(25,26)27/h15-17,19H,3-14H2,1-2H3. The summed E-state index contributed by atoms with van der Waals surface area (Å²) in [7, 11) is 0. The lowest BCUT2D eigenvalue weighted by Crippen LogP contribution is -2.21. The summed E-state index contributed by atoms with van der Waals surface area (Å²) in [5.74, 6) is -2.01. The van der Waals surface area contributed by atoms with Crippen molar-refractivity contribution in [1.29, 1.82) is 0 Å². The molecule has 0 N–H and O–H groups in total. The molecule has 29 heavy (non-hydrogen) atoms. The average molecular weight is 419 g/mol. The molecule has 6 heteroatoms. The molecule has 1 aromatic rings. The van der Waals surface area contributed by atoms with Gasteiger partial charge in [0.25, 0.3) is 0 Å². The van der Waals surface area contributed by atoms with Gasteiger partial charge in [-0.2, -0.15) is 13.2 Å². The first kappa shape index (κ1) is 25.4. The second-order valence-electron chi connectivity index (χ2n) is 7.59. The minimum absolute atomic E-state index is 0.458. The van der Waals surface area contributed by atoms with Gasteiger partial charge in [0, 0.05) is 0 Å². The van der Waals surface area contributed by atoms with Gasteiger partial charge in [-0.1, -0.05) is 71.6 Å². The smallest absolute Gasteiger partial charge is 0.417 e. The maximum absolute atomic E-state index is 13.4. The number of hydrogen-bond donors (Lipinski definition) is 0. The lowest BCUT2D eigenvalue weighted by atomic mass is 10.0. The minimum atomic E-state index is -4.74. The molecule has 0 radical (unpaired) electrons. The maximum Gasteiger partial charge on any atom is 0.417 e. The highest BCUT2D eigenvalue weighted by Crippen LogP contribution is 2.33. The summed E-state index contributed by atoms with van der Waals surface area (Å²) in [6.07, 6.45) is 7.74. The highest BCUT2D eigenvalue weighted by atomic mass is 19.4. The molecule has 0 saturated heterocycles. The number of carbonyl (C=O) groups is 1. The molecule has 1 aromatic carbocycles. The van der Waals surface area contributed by atoms with E-state index in [0.717, 1.165) is 19.3 Å². The number of unbranched alkanes of at least 4 members (excludes halogenated alkanes) is 9. The first-order valence-electron chi connectivity index (χ1n) is 10.9. The number of esters is 1. The van der Waals surface area contributed by atoms with Crippen molar-refractivity contribution < 1.29 is 27.1 Å². The highest BCUT2D eigenvalue weighted by molar-refractivity contribution is 5.91. The summed E-state index contributed by atoms with van der Waals surface area (Å²) in [5, 5.41) is 0. The van der Waals surface area contributed by atoms with Crippen molar-refractivity contribution in [2.24, 2.45) is 0 Å². The first-order chi connectivity index (χ1) is 13.8. The number of benzene rings is 1. The lowest BCUT2D eigenvalue weighted by Gasteiger charge is -2.18. The summed E-state index contributed by atoms with van der Waals surface area (Å²) < 4.78 is 57.8. The molecule has 0 aromatic heterocycles. The molecular formula is C23H34F4O2. The van der Waals surface area contributed by atoms with Crippen LogP contribution in [0.1, 0.15) is 107 Å². The average Bonchev–Trinajstić information content (AvgIpc) is 2.67. The van der Waals surface area contributed by atoms with Crippen LogP contribution in [0.25, 0.3) is 0 Å². The van der Waals surface area contributed by atoms with Crippen LogP contribution in [0, 0.1) is 5.82 Å². The molecule has 0 amide bonds. The fourth-order valence-corrected chi connectivity index (χ4v) is 3.35. The van der Waals surface area contributed by atoms with Gasteiger partial charge in [0.2, 0.25) is 0 Å². The molecule has 0 saturated carbocycles. The Balaban J connectivity index is 2.39. The van der Waals surface area contributed by atoms with Gasteiger partial charge in [0.15, 0.2) is 0 Å².